The molecule has 132 valence electrons. The van der Waals surface area contributed by atoms with Gasteiger partial charge in [-0.2, -0.15) is 5.10 Å². The third-order valence-corrected chi connectivity index (χ3v) is 4.49. The van der Waals surface area contributed by atoms with Gasteiger partial charge in [0.25, 0.3) is 0 Å². The van der Waals surface area contributed by atoms with Crippen LogP contribution in [0.4, 0.5) is 0 Å². The number of aliphatic hydroxyl groups excluding tert-OH is 1. The fourth-order valence-corrected chi connectivity index (χ4v) is 3.17. The molecule has 0 radical (unpaired) electrons. The molecule has 7 heteroatoms. The maximum absolute atomic E-state index is 9.57. The zero-order valence-corrected chi connectivity index (χ0v) is 15.8. The molecule has 0 unspecified atom stereocenters. The summed E-state index contributed by atoms with van der Waals surface area (Å²) in [6.45, 7) is 6.22. The number of aliphatic hydroxyl groups is 1. The molecular weight excluding hydrogens is 356 g/mol. The Bertz CT molecular complexity index is 839. The second-order valence-electron chi connectivity index (χ2n) is 4.99. The summed E-state index contributed by atoms with van der Waals surface area (Å²) < 4.78 is 1.73. The fourth-order valence-electron chi connectivity index (χ4n) is 2.34. The molecule has 2 N–H and O–H groups in total. The van der Waals surface area contributed by atoms with Gasteiger partial charge in [0.1, 0.15) is 6.73 Å². The number of thioether (sulfide) groups is 1. The number of benzene rings is 1. The molecule has 0 aliphatic carbocycles. The number of hydrogen-bond acceptors (Lipinski definition) is 5. The van der Waals surface area contributed by atoms with E-state index in [2.05, 4.69) is 22.1 Å². The van der Waals surface area contributed by atoms with Gasteiger partial charge in [-0.05, 0) is 30.9 Å². The molecule has 5 nitrogen and oxygen atoms in total. The minimum absolute atomic E-state index is 0.136. The summed E-state index contributed by atoms with van der Waals surface area (Å²) in [5.41, 5.74) is 6.22. The van der Waals surface area contributed by atoms with Crippen molar-refractivity contribution < 1.29 is 5.11 Å². The zero-order valence-electron chi connectivity index (χ0n) is 14.2. The quantitative estimate of drug-likeness (QED) is 0.239. The van der Waals surface area contributed by atoms with Crippen molar-refractivity contribution in [2.45, 2.75) is 18.8 Å². The number of rotatable bonds is 8. The Morgan fingerprint density at radius 1 is 1.52 bits per heavy atom. The van der Waals surface area contributed by atoms with Crippen LogP contribution in [0.25, 0.3) is 16.6 Å². The maximum atomic E-state index is 9.57. The van der Waals surface area contributed by atoms with Gasteiger partial charge in [0, 0.05) is 11.8 Å². The molecule has 0 saturated heterocycles. The van der Waals surface area contributed by atoms with Crippen LogP contribution >= 0.6 is 23.4 Å². The smallest absolute Gasteiger partial charge is 0.170 e. The Hall–Kier alpha value is -2.02. The first kappa shape index (κ1) is 19.3. The predicted octanol–water partition coefficient (Wildman–Crippen LogP) is 4.08. The van der Waals surface area contributed by atoms with Gasteiger partial charge >= 0.3 is 0 Å². The van der Waals surface area contributed by atoms with Crippen molar-refractivity contribution >= 4 is 46.2 Å². The van der Waals surface area contributed by atoms with Gasteiger partial charge in [-0.15, -0.1) is 0 Å². The molecule has 0 bridgehead atoms. The molecule has 0 saturated carbocycles. The summed E-state index contributed by atoms with van der Waals surface area (Å²) in [4.78, 5) is 4.55. The molecule has 0 fully saturated rings. The van der Waals surface area contributed by atoms with E-state index in [0.29, 0.717) is 11.6 Å². The lowest BCUT2D eigenvalue weighted by Crippen LogP contribution is -2.03. The molecule has 2 rings (SSSR count). The lowest BCUT2D eigenvalue weighted by molar-refractivity contribution is 0.205. The van der Waals surface area contributed by atoms with Crippen LogP contribution in [0.5, 0.6) is 0 Å². The number of aromatic nitrogens is 2. The molecule has 0 aliphatic heterocycles. The van der Waals surface area contributed by atoms with Crippen molar-refractivity contribution in [3.8, 4) is 0 Å². The molecule has 0 spiro atoms. The average Bonchev–Trinajstić information content (AvgIpc) is 2.97. The summed E-state index contributed by atoms with van der Waals surface area (Å²) in [6, 6.07) is 3.75. The summed E-state index contributed by atoms with van der Waals surface area (Å²) in [6.07, 6.45) is 11.2. The van der Waals surface area contributed by atoms with Crippen LogP contribution in [0.1, 0.15) is 12.5 Å². The van der Waals surface area contributed by atoms with Crippen molar-refractivity contribution in [1.29, 1.82) is 0 Å². The normalized spacial score (nSPS) is 12.6. The Balaban J connectivity index is 2.37. The topological polar surface area (TPSA) is 62.4 Å². The second-order valence-corrected chi connectivity index (χ2v) is 6.17. The summed E-state index contributed by atoms with van der Waals surface area (Å²) in [5, 5.41) is 14.8. The molecule has 0 aliphatic rings. The van der Waals surface area contributed by atoms with Crippen molar-refractivity contribution in [1.82, 2.24) is 15.0 Å². The van der Waals surface area contributed by atoms with E-state index in [1.54, 1.807) is 16.9 Å². The number of hydrogen-bond donors (Lipinski definition) is 2. The van der Waals surface area contributed by atoms with E-state index in [0.717, 1.165) is 27.3 Å². The highest BCUT2D eigenvalue weighted by molar-refractivity contribution is 7.98. The fraction of sp³-hybridized carbons (Fsp3) is 0.222. The highest BCUT2D eigenvalue weighted by Crippen LogP contribution is 2.31. The monoisotopic (exact) mass is 376 g/mol. The van der Waals surface area contributed by atoms with Gasteiger partial charge in [0.15, 0.2) is 5.16 Å². The van der Waals surface area contributed by atoms with E-state index in [1.165, 1.54) is 11.8 Å². The Labute approximate surface area is 156 Å². The van der Waals surface area contributed by atoms with Crippen LogP contribution < -0.4 is 5.43 Å². The Morgan fingerprint density at radius 3 is 2.96 bits per heavy atom. The van der Waals surface area contributed by atoms with Crippen LogP contribution in [0.3, 0.4) is 0 Å². The van der Waals surface area contributed by atoms with Crippen molar-refractivity contribution in [3.05, 3.63) is 53.6 Å². The first-order chi connectivity index (χ1) is 12.2. The van der Waals surface area contributed by atoms with E-state index in [-0.39, 0.29) is 6.73 Å². The standard InChI is InChI=1S/C18H21ClN4OS/c1-4-13(8-6-7-9-21-20-5-2)14-10-16-17(11-15(14)19)23(12-24)18(22-16)25-3/h4-8,10-11,21,24H,1,9,12H2,2-3H3/b7-6+,13-8+,20-5-. The lowest BCUT2D eigenvalue weighted by Gasteiger charge is -2.07. The number of hydrazone groups is 1. The SMILES string of the molecule is C=C/C(=C\C=C\CN/N=C\C)c1cc2nc(SC)n(CO)c2cc1Cl. The minimum Gasteiger partial charge on any atom is -0.376 e. The first-order valence-electron chi connectivity index (χ1n) is 7.71. The van der Waals surface area contributed by atoms with Crippen molar-refractivity contribution in [3.63, 3.8) is 0 Å². The molecule has 0 atom stereocenters. The number of fused-ring (bicyclic) bond motifs is 1. The largest absolute Gasteiger partial charge is 0.376 e. The predicted molar refractivity (Wildman–Crippen MR) is 108 cm³/mol. The van der Waals surface area contributed by atoms with E-state index < -0.39 is 0 Å². The molecule has 1 heterocycles. The highest BCUT2D eigenvalue weighted by atomic mass is 35.5. The zero-order chi connectivity index (χ0) is 18.2. The lowest BCUT2D eigenvalue weighted by atomic mass is 10.0. The summed E-state index contributed by atoms with van der Waals surface area (Å²) in [5.74, 6) is 0. The van der Waals surface area contributed by atoms with Crippen molar-refractivity contribution in [2.24, 2.45) is 5.10 Å². The number of imidazole rings is 1. The van der Waals surface area contributed by atoms with Gasteiger partial charge in [0.05, 0.1) is 22.6 Å². The third-order valence-electron chi connectivity index (χ3n) is 3.50. The van der Waals surface area contributed by atoms with Gasteiger partial charge in [0.2, 0.25) is 0 Å². The minimum atomic E-state index is -0.136. The van der Waals surface area contributed by atoms with Crippen LogP contribution in [-0.4, -0.2) is 33.7 Å². The van der Waals surface area contributed by atoms with Crippen LogP contribution in [-0.2, 0) is 6.73 Å². The number of halogens is 1. The van der Waals surface area contributed by atoms with E-state index in [1.807, 2.05) is 43.5 Å². The molecule has 1 aromatic carbocycles. The van der Waals surface area contributed by atoms with Crippen LogP contribution in [0.2, 0.25) is 5.02 Å². The Kier molecular flexibility index (Phi) is 7.31. The molecule has 25 heavy (non-hydrogen) atoms. The van der Waals surface area contributed by atoms with Gasteiger partial charge in [-0.1, -0.05) is 54.2 Å². The average molecular weight is 377 g/mol. The van der Waals surface area contributed by atoms with Gasteiger partial charge in [-0.25, -0.2) is 4.98 Å². The third kappa shape index (κ3) is 4.54. The van der Waals surface area contributed by atoms with Crippen LogP contribution in [0, 0.1) is 0 Å². The highest BCUT2D eigenvalue weighted by Gasteiger charge is 2.13. The van der Waals surface area contributed by atoms with E-state index in [4.69, 9.17) is 11.6 Å². The number of nitrogens with zero attached hydrogens (tertiary/aromatic N) is 3. The molecular formula is C18H21ClN4OS. The molecule has 2 aromatic rings. The van der Waals surface area contributed by atoms with Crippen LogP contribution in [0.15, 0.2) is 53.3 Å². The van der Waals surface area contributed by atoms with Gasteiger partial charge in [-0.3, -0.25) is 4.57 Å². The second kappa shape index (κ2) is 9.46. The summed E-state index contributed by atoms with van der Waals surface area (Å²) >= 11 is 7.95. The Morgan fingerprint density at radius 2 is 2.32 bits per heavy atom. The van der Waals surface area contributed by atoms with Crippen molar-refractivity contribution in [2.75, 3.05) is 12.8 Å². The summed E-state index contributed by atoms with van der Waals surface area (Å²) in [7, 11) is 0. The number of allylic oxidation sites excluding steroid dienone is 4. The van der Waals surface area contributed by atoms with Gasteiger partial charge < -0.3 is 10.5 Å². The maximum Gasteiger partial charge on any atom is 0.170 e. The first-order valence-corrected chi connectivity index (χ1v) is 9.31. The number of nitrogens with one attached hydrogen (secondary N) is 1. The van der Waals surface area contributed by atoms with E-state index >= 15 is 0 Å². The van der Waals surface area contributed by atoms with E-state index in [9.17, 15) is 5.11 Å². The molecule has 0 amide bonds. The molecule has 1 aromatic heterocycles.